The van der Waals surface area contributed by atoms with E-state index in [1.807, 2.05) is 24.3 Å². The van der Waals surface area contributed by atoms with Gasteiger partial charge in [0, 0.05) is 22.3 Å². The Balaban J connectivity index is 1.00. The molecule has 0 aliphatic carbocycles. The lowest BCUT2D eigenvalue weighted by atomic mass is 9.59. The van der Waals surface area contributed by atoms with Gasteiger partial charge in [0.2, 0.25) is 0 Å². The van der Waals surface area contributed by atoms with E-state index in [1.165, 1.54) is 38.6 Å². The Labute approximate surface area is 420 Å². The Morgan fingerprint density at radius 3 is 1.37 bits per heavy atom. The summed E-state index contributed by atoms with van der Waals surface area (Å²) in [5.41, 5.74) is 17.7. The minimum absolute atomic E-state index is 0.156. The largest absolute Gasteiger partial charge is 0.455 e. The lowest BCUT2D eigenvalue weighted by Crippen LogP contribution is -2.55. The molecule has 10 radical (unpaired) electrons. The molecule has 0 saturated heterocycles. The summed E-state index contributed by atoms with van der Waals surface area (Å²) in [6.07, 6.45) is 0. The van der Waals surface area contributed by atoms with Gasteiger partial charge in [-0.15, -0.1) is 16.4 Å². The minimum atomic E-state index is 0.156. The van der Waals surface area contributed by atoms with Gasteiger partial charge in [-0.25, -0.2) is 0 Å². The van der Waals surface area contributed by atoms with E-state index in [9.17, 15) is 0 Å². The van der Waals surface area contributed by atoms with E-state index in [0.717, 1.165) is 55.7 Å². The number of benzene rings is 11. The first-order valence-electron chi connectivity index (χ1n) is 23.6. The molecule has 1 aromatic heterocycles. The summed E-state index contributed by atoms with van der Waals surface area (Å²) in [7, 11) is 32.6. The lowest BCUT2D eigenvalue weighted by molar-refractivity contribution is 0.670. The topological polar surface area (TPSA) is 16.4 Å². The van der Waals surface area contributed by atoms with Gasteiger partial charge in [-0.3, -0.25) is 0 Å². The third kappa shape index (κ3) is 7.70. The zero-order chi connectivity index (χ0) is 48.2. The van der Waals surface area contributed by atoms with Gasteiger partial charge < -0.3 is 9.32 Å². The molecule has 7 heteroatoms. The number of rotatable bonds is 9. The van der Waals surface area contributed by atoms with Crippen molar-refractivity contribution in [3.8, 4) is 66.8 Å². The van der Waals surface area contributed by atoms with Crippen LogP contribution in [0.4, 0.5) is 17.1 Å². The molecule has 0 unspecified atom stereocenters. The second-order valence-electron chi connectivity index (χ2n) is 17.9. The van der Waals surface area contributed by atoms with Crippen LogP contribution in [0.5, 0.6) is 0 Å². The van der Waals surface area contributed by atoms with Crippen molar-refractivity contribution in [2.75, 3.05) is 4.90 Å². The van der Waals surface area contributed by atoms with Gasteiger partial charge in [-0.2, -0.15) is 0 Å². The third-order valence-corrected chi connectivity index (χ3v) is 13.8. The highest BCUT2D eigenvalue weighted by Crippen LogP contribution is 2.47. The van der Waals surface area contributed by atoms with Gasteiger partial charge in [0.1, 0.15) is 50.4 Å². The predicted octanol–water partition coefficient (Wildman–Crippen LogP) is 12.2. The summed E-state index contributed by atoms with van der Waals surface area (Å²) in [5, 5.41) is 4.25. The summed E-state index contributed by atoms with van der Waals surface area (Å²) < 4.78 is 6.79. The monoisotopic (exact) mass is 891 g/mol. The van der Waals surface area contributed by atoms with Crippen molar-refractivity contribution in [3.63, 3.8) is 0 Å². The van der Waals surface area contributed by atoms with Gasteiger partial charge in [0.25, 0.3) is 0 Å². The highest BCUT2D eigenvalue weighted by Gasteiger charge is 2.25. The van der Waals surface area contributed by atoms with Crippen LogP contribution in [0.15, 0.2) is 235 Å². The average molecular weight is 891 g/mol. The molecular weight excluding hydrogens is 853 g/mol. The standard InChI is InChI=1S/C64H38B5NO/c65-59-58(60(66)62(68)63(69)61(59)67)54-37-38-55(57-53-22-10-11-24-56(53)71-64(54)57)70(45-33-29-40(30-34-45)39-25-27-43(28-26-39)48-23-12-16-42-15-4-5-17-47(42)48)46-35-31-44(32-36-46)50-19-7-9-21-52(50)51-20-8-6-18-49(51)41-13-2-1-3-14-41/h1-38H. The number of fused-ring (bicyclic) bond motifs is 4. The van der Waals surface area contributed by atoms with Crippen LogP contribution in [0.3, 0.4) is 0 Å². The number of para-hydroxylation sites is 1. The van der Waals surface area contributed by atoms with E-state index >= 15 is 0 Å². The van der Waals surface area contributed by atoms with Gasteiger partial charge in [0.15, 0.2) is 0 Å². The Morgan fingerprint density at radius 1 is 0.296 bits per heavy atom. The summed E-state index contributed by atoms with van der Waals surface area (Å²) >= 11 is 0. The summed E-state index contributed by atoms with van der Waals surface area (Å²) in [5.74, 6) is 0. The van der Waals surface area contributed by atoms with E-state index in [4.69, 9.17) is 43.6 Å². The van der Waals surface area contributed by atoms with Crippen LogP contribution >= 0.6 is 0 Å². The predicted molar refractivity (Wildman–Crippen MR) is 305 cm³/mol. The van der Waals surface area contributed by atoms with Crippen molar-refractivity contribution >= 4 is 116 Å². The van der Waals surface area contributed by atoms with Gasteiger partial charge >= 0.3 is 0 Å². The fourth-order valence-corrected chi connectivity index (χ4v) is 10.2. The molecule has 11 aromatic carbocycles. The number of hydrogen-bond donors (Lipinski definition) is 0. The zero-order valence-corrected chi connectivity index (χ0v) is 38.7. The molecule has 0 amide bonds. The SMILES string of the molecule is [B]c1c([B])c([B])c(-c2ccc(N(c3ccc(-c4ccc(-c5cccc6ccccc56)cc4)cc3)c3ccc(-c4ccccc4-c4ccccc4-c4ccccc4)cc3)c3c2oc2ccccc23)c([B])c1[B]. The third-order valence-electron chi connectivity index (χ3n) is 13.8. The van der Waals surface area contributed by atoms with Crippen molar-refractivity contribution in [2.24, 2.45) is 0 Å². The summed E-state index contributed by atoms with van der Waals surface area (Å²) in [4.78, 5) is 2.28. The van der Waals surface area contributed by atoms with Crippen molar-refractivity contribution in [3.05, 3.63) is 231 Å². The molecule has 12 aromatic rings. The van der Waals surface area contributed by atoms with Crippen LogP contribution in [0, 0.1) is 0 Å². The molecule has 12 rings (SSSR count). The molecule has 0 fully saturated rings. The van der Waals surface area contributed by atoms with E-state index in [-0.39, 0.29) is 27.3 Å². The van der Waals surface area contributed by atoms with Gasteiger partial charge in [-0.05, 0) is 114 Å². The first-order valence-corrected chi connectivity index (χ1v) is 23.6. The van der Waals surface area contributed by atoms with E-state index in [0.29, 0.717) is 22.3 Å². The van der Waals surface area contributed by atoms with Crippen LogP contribution < -0.4 is 32.2 Å². The van der Waals surface area contributed by atoms with Gasteiger partial charge in [-0.1, -0.05) is 199 Å². The van der Waals surface area contributed by atoms with Crippen LogP contribution in [-0.4, -0.2) is 39.2 Å². The Hall–Kier alpha value is -8.40. The van der Waals surface area contributed by atoms with Crippen LogP contribution in [-0.2, 0) is 0 Å². The number of hydrogen-bond acceptors (Lipinski definition) is 2. The molecule has 1 heterocycles. The second-order valence-corrected chi connectivity index (χ2v) is 17.9. The molecule has 0 aliphatic rings. The molecule has 71 heavy (non-hydrogen) atoms. The van der Waals surface area contributed by atoms with Crippen molar-refractivity contribution in [1.29, 1.82) is 0 Å². The highest BCUT2D eigenvalue weighted by atomic mass is 16.3. The molecular formula is C64H38B5NO. The zero-order valence-electron chi connectivity index (χ0n) is 38.7. The normalized spacial score (nSPS) is 11.4. The molecule has 0 saturated carbocycles. The van der Waals surface area contributed by atoms with E-state index in [2.05, 4.69) is 211 Å². The molecule has 0 bridgehead atoms. The van der Waals surface area contributed by atoms with Crippen LogP contribution in [0.25, 0.3) is 99.5 Å². The van der Waals surface area contributed by atoms with Crippen molar-refractivity contribution < 1.29 is 4.42 Å². The van der Waals surface area contributed by atoms with Gasteiger partial charge in [0.05, 0.1) is 11.1 Å². The molecule has 0 spiro atoms. The van der Waals surface area contributed by atoms with Crippen molar-refractivity contribution in [2.45, 2.75) is 0 Å². The van der Waals surface area contributed by atoms with Crippen LogP contribution in [0.2, 0.25) is 0 Å². The maximum atomic E-state index is 6.79. The summed E-state index contributed by atoms with van der Waals surface area (Å²) in [6.45, 7) is 0. The average Bonchev–Trinajstić information content (AvgIpc) is 3.83. The molecule has 0 atom stereocenters. The minimum Gasteiger partial charge on any atom is -0.455 e. The Morgan fingerprint density at radius 2 is 0.732 bits per heavy atom. The number of nitrogens with zero attached hydrogens (tertiary/aromatic N) is 1. The summed E-state index contributed by atoms with van der Waals surface area (Å²) in [6, 6.07) is 81.2. The molecule has 320 valence electrons. The maximum absolute atomic E-state index is 6.79. The fraction of sp³-hybridized carbons (Fsp3) is 0. The molecule has 2 nitrogen and oxygen atoms in total. The molecule has 0 aliphatic heterocycles. The fourth-order valence-electron chi connectivity index (χ4n) is 10.2. The maximum Gasteiger partial charge on any atom is 0.145 e. The lowest BCUT2D eigenvalue weighted by Gasteiger charge is -2.28. The first-order chi connectivity index (χ1) is 34.8. The number of furan rings is 1. The Kier molecular flexibility index (Phi) is 11.2. The quantitative estimate of drug-likeness (QED) is 0.134. The smallest absolute Gasteiger partial charge is 0.145 e. The number of anilines is 3. The highest BCUT2D eigenvalue weighted by molar-refractivity contribution is 6.69. The second kappa shape index (κ2) is 18.2. The van der Waals surface area contributed by atoms with E-state index in [1.54, 1.807) is 0 Å². The van der Waals surface area contributed by atoms with Crippen molar-refractivity contribution in [1.82, 2.24) is 0 Å². The van der Waals surface area contributed by atoms with Crippen LogP contribution in [0.1, 0.15) is 0 Å². The first kappa shape index (κ1) is 43.9. The molecule has 0 N–H and O–H groups in total. The van der Waals surface area contributed by atoms with E-state index < -0.39 is 0 Å². The Bertz CT molecular complexity index is 3940.